The Labute approximate surface area is 188 Å². The second-order valence-corrected chi connectivity index (χ2v) is 9.15. The maximum absolute atomic E-state index is 6.41. The van der Waals surface area contributed by atoms with Crippen LogP contribution in [0.2, 0.25) is 0 Å². The first kappa shape index (κ1) is 19.9. The molecule has 1 saturated carbocycles. The molecule has 6 rings (SSSR count). The third kappa shape index (κ3) is 3.91. The Morgan fingerprint density at radius 2 is 1.84 bits per heavy atom. The molecule has 167 valence electrons. The lowest BCUT2D eigenvalue weighted by Gasteiger charge is -2.36. The second-order valence-electron chi connectivity index (χ2n) is 9.15. The number of hydrogen-bond donors (Lipinski definition) is 2. The molecule has 3 fully saturated rings. The summed E-state index contributed by atoms with van der Waals surface area (Å²) in [6, 6.07) is 14.9. The average molecular weight is 433 g/mol. The molecule has 1 aromatic heterocycles. The van der Waals surface area contributed by atoms with Crippen LogP contribution < -0.4 is 15.4 Å². The van der Waals surface area contributed by atoms with Gasteiger partial charge in [-0.1, -0.05) is 12.1 Å². The average Bonchev–Trinajstić information content (AvgIpc) is 3.62. The number of H-pyrrole nitrogens is 1. The van der Waals surface area contributed by atoms with E-state index in [1.54, 1.807) is 0 Å². The molecule has 2 saturated heterocycles. The summed E-state index contributed by atoms with van der Waals surface area (Å²) in [6.45, 7) is 5.88. The number of piperazine rings is 1. The Bertz CT molecular complexity index is 1090. The molecular weight excluding hydrogens is 402 g/mol. The minimum absolute atomic E-state index is 0.138. The number of nitrogens with zero attached hydrogens (tertiary/aromatic N) is 3. The predicted octanol–water partition coefficient (Wildman–Crippen LogP) is 3.45. The molecule has 3 aromatic rings. The van der Waals surface area contributed by atoms with Crippen LogP contribution >= 0.6 is 0 Å². The highest BCUT2D eigenvalue weighted by molar-refractivity contribution is 5.97. The van der Waals surface area contributed by atoms with Gasteiger partial charge in [-0.3, -0.25) is 10.00 Å². The van der Waals surface area contributed by atoms with Gasteiger partial charge in [-0.25, -0.2) is 0 Å². The van der Waals surface area contributed by atoms with Crippen molar-refractivity contribution in [1.29, 1.82) is 0 Å². The fraction of sp³-hybridized carbons (Fsp3) is 0.480. The fourth-order valence-electron chi connectivity index (χ4n) is 4.96. The van der Waals surface area contributed by atoms with E-state index in [4.69, 9.17) is 15.2 Å². The number of nitrogen functional groups attached to an aromatic ring is 1. The fourth-order valence-corrected chi connectivity index (χ4v) is 4.96. The predicted molar refractivity (Wildman–Crippen MR) is 126 cm³/mol. The number of aromatic amines is 1. The van der Waals surface area contributed by atoms with Gasteiger partial charge in [0.25, 0.3) is 0 Å². The molecule has 1 radical (unpaired) electrons. The molecule has 0 atom stereocenters. The van der Waals surface area contributed by atoms with Crippen LogP contribution in [0.5, 0.6) is 5.75 Å². The quantitative estimate of drug-likeness (QED) is 0.643. The maximum atomic E-state index is 6.41. The number of ether oxygens (including phenoxy) is 2. The first-order valence-corrected chi connectivity index (χ1v) is 11.8. The number of hydrogen-bond acceptors (Lipinski definition) is 6. The van der Waals surface area contributed by atoms with Crippen molar-refractivity contribution in [3.63, 3.8) is 0 Å². The van der Waals surface area contributed by atoms with Crippen molar-refractivity contribution in [1.82, 2.24) is 15.1 Å². The highest BCUT2D eigenvalue weighted by Gasteiger charge is 2.31. The van der Waals surface area contributed by atoms with E-state index in [9.17, 15) is 0 Å². The largest absolute Gasteiger partial charge is 0.489 e. The van der Waals surface area contributed by atoms with Crippen LogP contribution in [0.15, 0.2) is 30.3 Å². The smallest absolute Gasteiger partial charge is 0.156 e. The normalized spacial score (nSPS) is 20.7. The van der Waals surface area contributed by atoms with Gasteiger partial charge < -0.3 is 20.1 Å². The van der Waals surface area contributed by atoms with Gasteiger partial charge in [-0.2, -0.15) is 5.10 Å². The molecule has 1 aliphatic carbocycles. The minimum atomic E-state index is 0.138. The van der Waals surface area contributed by atoms with Crippen LogP contribution in [0, 0.1) is 6.07 Å². The first-order chi connectivity index (χ1) is 15.7. The molecule has 2 aliphatic heterocycles. The SMILES string of the molecule is Nc1n[nH]c2cc(-c3cc[c]c(N4CCN(C5CC5)CC4)c3)cc(OC3CCOCC3)c12. The topological polar surface area (TPSA) is 79.6 Å². The molecule has 32 heavy (non-hydrogen) atoms. The van der Waals surface area contributed by atoms with Crippen LogP contribution in [0.1, 0.15) is 25.7 Å². The molecular formula is C25H30N5O2. The van der Waals surface area contributed by atoms with E-state index in [1.807, 2.05) is 6.07 Å². The van der Waals surface area contributed by atoms with Crippen LogP contribution in [0.4, 0.5) is 11.5 Å². The maximum Gasteiger partial charge on any atom is 0.156 e. The Kier molecular flexibility index (Phi) is 5.15. The van der Waals surface area contributed by atoms with Gasteiger partial charge in [-0.05, 0) is 42.2 Å². The van der Waals surface area contributed by atoms with Gasteiger partial charge in [0.05, 0.1) is 24.1 Å². The zero-order chi connectivity index (χ0) is 21.5. The van der Waals surface area contributed by atoms with Crippen molar-refractivity contribution in [3.05, 3.63) is 36.4 Å². The molecule has 3 N–H and O–H groups in total. The van der Waals surface area contributed by atoms with E-state index >= 15 is 0 Å². The monoisotopic (exact) mass is 432 g/mol. The van der Waals surface area contributed by atoms with E-state index in [2.05, 4.69) is 50.3 Å². The van der Waals surface area contributed by atoms with E-state index < -0.39 is 0 Å². The van der Waals surface area contributed by atoms with Gasteiger partial charge >= 0.3 is 0 Å². The minimum Gasteiger partial charge on any atom is -0.489 e. The molecule has 0 bridgehead atoms. The van der Waals surface area contributed by atoms with Crippen molar-refractivity contribution < 1.29 is 9.47 Å². The zero-order valence-electron chi connectivity index (χ0n) is 18.3. The number of aromatic nitrogens is 2. The number of rotatable bonds is 5. The number of nitrogens with two attached hydrogens (primary N) is 1. The zero-order valence-corrected chi connectivity index (χ0v) is 18.3. The van der Waals surface area contributed by atoms with E-state index in [0.717, 1.165) is 91.7 Å². The van der Waals surface area contributed by atoms with Gasteiger partial charge in [-0.15, -0.1) is 0 Å². The summed E-state index contributed by atoms with van der Waals surface area (Å²) >= 11 is 0. The Hall–Kier alpha value is -2.77. The highest BCUT2D eigenvalue weighted by atomic mass is 16.5. The molecule has 3 heterocycles. The summed E-state index contributed by atoms with van der Waals surface area (Å²) in [6.07, 6.45) is 4.67. The van der Waals surface area contributed by atoms with Crippen molar-refractivity contribution in [3.8, 4) is 16.9 Å². The molecule has 3 aliphatic rings. The van der Waals surface area contributed by atoms with Crippen molar-refractivity contribution in [2.75, 3.05) is 50.0 Å². The lowest BCUT2D eigenvalue weighted by atomic mass is 10.0. The second kappa shape index (κ2) is 8.30. The highest BCUT2D eigenvalue weighted by Crippen LogP contribution is 2.37. The van der Waals surface area contributed by atoms with Crippen molar-refractivity contribution in [2.45, 2.75) is 37.8 Å². The third-order valence-electron chi connectivity index (χ3n) is 6.95. The van der Waals surface area contributed by atoms with Gasteiger partial charge in [0.1, 0.15) is 11.9 Å². The summed E-state index contributed by atoms with van der Waals surface area (Å²) in [5.74, 6) is 1.27. The first-order valence-electron chi connectivity index (χ1n) is 11.8. The van der Waals surface area contributed by atoms with E-state index in [0.29, 0.717) is 5.82 Å². The Balaban J connectivity index is 1.29. The van der Waals surface area contributed by atoms with Crippen LogP contribution in [0.25, 0.3) is 22.0 Å². The van der Waals surface area contributed by atoms with Gasteiger partial charge in [0.2, 0.25) is 0 Å². The number of nitrogens with one attached hydrogen (secondary N) is 1. The summed E-state index contributed by atoms with van der Waals surface area (Å²) in [4.78, 5) is 5.09. The van der Waals surface area contributed by atoms with Crippen LogP contribution in [-0.4, -0.2) is 66.6 Å². The summed E-state index contributed by atoms with van der Waals surface area (Å²) in [7, 11) is 0. The lowest BCUT2D eigenvalue weighted by Crippen LogP contribution is -2.47. The number of anilines is 2. The molecule has 0 amide bonds. The van der Waals surface area contributed by atoms with E-state index in [1.165, 1.54) is 12.8 Å². The third-order valence-corrected chi connectivity index (χ3v) is 6.95. The van der Waals surface area contributed by atoms with Crippen molar-refractivity contribution >= 4 is 22.4 Å². The van der Waals surface area contributed by atoms with Crippen LogP contribution in [0.3, 0.4) is 0 Å². The number of benzene rings is 2. The Morgan fingerprint density at radius 3 is 2.62 bits per heavy atom. The van der Waals surface area contributed by atoms with Crippen LogP contribution in [-0.2, 0) is 4.74 Å². The Morgan fingerprint density at radius 1 is 1.03 bits per heavy atom. The summed E-state index contributed by atoms with van der Waals surface area (Å²) in [5, 5.41) is 8.16. The lowest BCUT2D eigenvalue weighted by molar-refractivity contribution is 0.0262. The van der Waals surface area contributed by atoms with E-state index in [-0.39, 0.29) is 6.10 Å². The molecule has 7 heteroatoms. The van der Waals surface area contributed by atoms with Crippen molar-refractivity contribution in [2.24, 2.45) is 0 Å². The number of fused-ring (bicyclic) bond motifs is 1. The standard InChI is InChI=1S/C25H30N5O2/c26-25-24-22(27-28-25)15-18(16-23(24)32-21-6-12-31-13-7-21)17-2-1-3-20(14-17)30-10-8-29(9-11-30)19-4-5-19/h1-2,14-16,19,21H,4-13H2,(H3,26,27,28). The summed E-state index contributed by atoms with van der Waals surface area (Å²) in [5.41, 5.74) is 10.5. The molecule has 0 unspecified atom stereocenters. The molecule has 2 aromatic carbocycles. The van der Waals surface area contributed by atoms with Gasteiger partial charge in [0, 0.05) is 56.8 Å². The molecule has 7 nitrogen and oxygen atoms in total. The van der Waals surface area contributed by atoms with Gasteiger partial charge in [0.15, 0.2) is 5.82 Å². The molecule has 0 spiro atoms. The summed E-state index contributed by atoms with van der Waals surface area (Å²) < 4.78 is 11.9.